The molecule has 0 aliphatic rings. The molecular formula is C23H13Cl2F3N4. The fraction of sp³-hybridized carbons (Fsp3) is 0.0870. The molecule has 9 heteroatoms. The summed E-state index contributed by atoms with van der Waals surface area (Å²) in [6, 6.07) is 18.0. The molecule has 32 heavy (non-hydrogen) atoms. The summed E-state index contributed by atoms with van der Waals surface area (Å²) in [5.41, 5.74) is 3.43. The van der Waals surface area contributed by atoms with E-state index in [0.717, 1.165) is 28.9 Å². The Labute approximate surface area is 190 Å². The summed E-state index contributed by atoms with van der Waals surface area (Å²) in [6.07, 6.45) is -4.14. The van der Waals surface area contributed by atoms with E-state index in [1.54, 1.807) is 10.7 Å². The lowest BCUT2D eigenvalue weighted by atomic mass is 10.0. The minimum Gasteiger partial charge on any atom is -0.236 e. The first-order valence-electron chi connectivity index (χ1n) is 9.56. The van der Waals surface area contributed by atoms with Crippen LogP contribution >= 0.6 is 23.2 Å². The molecule has 0 aliphatic heterocycles. The topological polar surface area (TPSA) is 43.6 Å². The maximum absolute atomic E-state index is 12.8. The van der Waals surface area contributed by atoms with Crippen molar-refractivity contribution in [2.75, 3.05) is 0 Å². The highest BCUT2D eigenvalue weighted by atomic mass is 35.5. The third-order valence-electron chi connectivity index (χ3n) is 5.21. The number of pyridine rings is 1. The van der Waals surface area contributed by atoms with Crippen molar-refractivity contribution in [1.29, 1.82) is 0 Å². The van der Waals surface area contributed by atoms with Crippen molar-refractivity contribution in [2.45, 2.75) is 12.6 Å². The third-order valence-corrected chi connectivity index (χ3v) is 5.95. The summed E-state index contributed by atoms with van der Waals surface area (Å²) in [4.78, 5) is 4.43. The zero-order chi connectivity index (χ0) is 22.5. The van der Waals surface area contributed by atoms with Gasteiger partial charge in [-0.25, -0.2) is 9.67 Å². The summed E-state index contributed by atoms with van der Waals surface area (Å²) in [5.74, 6) is 0. The molecular weight excluding hydrogens is 460 g/mol. The van der Waals surface area contributed by atoms with Gasteiger partial charge in [0, 0.05) is 17.4 Å². The zero-order valence-corrected chi connectivity index (χ0v) is 17.7. The van der Waals surface area contributed by atoms with Gasteiger partial charge >= 0.3 is 6.18 Å². The van der Waals surface area contributed by atoms with Crippen molar-refractivity contribution in [2.24, 2.45) is 0 Å². The van der Waals surface area contributed by atoms with Gasteiger partial charge in [-0.3, -0.25) is 0 Å². The van der Waals surface area contributed by atoms with Crippen LogP contribution in [0.25, 0.3) is 27.6 Å². The molecule has 0 saturated carbocycles. The fourth-order valence-corrected chi connectivity index (χ4v) is 4.19. The Hall–Kier alpha value is -3.16. The monoisotopic (exact) mass is 472 g/mol. The van der Waals surface area contributed by atoms with E-state index in [4.69, 9.17) is 23.2 Å². The second-order valence-corrected chi connectivity index (χ2v) is 7.99. The van der Waals surface area contributed by atoms with Crippen molar-refractivity contribution in [3.8, 4) is 5.69 Å². The Morgan fingerprint density at radius 3 is 2.38 bits per heavy atom. The normalized spacial score (nSPS) is 12.0. The first-order valence-corrected chi connectivity index (χ1v) is 10.3. The van der Waals surface area contributed by atoms with Gasteiger partial charge in [-0.1, -0.05) is 52.7 Å². The number of hydrogen-bond donors (Lipinski definition) is 0. The Kier molecular flexibility index (Phi) is 5.03. The van der Waals surface area contributed by atoms with Gasteiger partial charge in [-0.05, 0) is 48.0 Å². The fourth-order valence-electron chi connectivity index (χ4n) is 3.58. The summed E-state index contributed by atoms with van der Waals surface area (Å²) >= 11 is 13.1. The lowest BCUT2D eigenvalue weighted by Crippen LogP contribution is -2.04. The second-order valence-electron chi connectivity index (χ2n) is 7.26. The van der Waals surface area contributed by atoms with Crippen LogP contribution in [0.3, 0.4) is 0 Å². The smallest absolute Gasteiger partial charge is 0.236 e. The highest BCUT2D eigenvalue weighted by Crippen LogP contribution is 2.35. The number of fused-ring (bicyclic) bond motifs is 2. The number of hydrogen-bond acceptors (Lipinski definition) is 3. The molecule has 2 heterocycles. The standard InChI is InChI=1S/C23H13Cl2F3N4/c24-21-16-12-15(32-20-4-2-1-3-19(20)30-31-32)9-10-18(16)29-22(25)17(21)11-13-5-7-14(8-6-13)23(26,27)28/h1-10,12H,11H2. The van der Waals surface area contributed by atoms with Crippen LogP contribution in [-0.4, -0.2) is 20.0 Å². The van der Waals surface area contributed by atoms with Crippen LogP contribution in [0.1, 0.15) is 16.7 Å². The highest BCUT2D eigenvalue weighted by Gasteiger charge is 2.30. The lowest BCUT2D eigenvalue weighted by Gasteiger charge is -2.12. The molecule has 0 atom stereocenters. The van der Waals surface area contributed by atoms with E-state index >= 15 is 0 Å². The zero-order valence-electron chi connectivity index (χ0n) is 16.2. The van der Waals surface area contributed by atoms with E-state index in [1.165, 1.54) is 12.1 Å². The van der Waals surface area contributed by atoms with E-state index in [2.05, 4.69) is 15.3 Å². The molecule has 0 saturated heterocycles. The molecule has 2 aromatic heterocycles. The summed E-state index contributed by atoms with van der Waals surface area (Å²) in [6.45, 7) is 0. The van der Waals surface area contributed by atoms with Crippen molar-refractivity contribution in [3.05, 3.63) is 93.6 Å². The van der Waals surface area contributed by atoms with Crippen molar-refractivity contribution < 1.29 is 13.2 Å². The first kappa shape index (κ1) is 20.7. The molecule has 4 nitrogen and oxygen atoms in total. The van der Waals surface area contributed by atoms with Gasteiger partial charge in [-0.2, -0.15) is 13.2 Å². The van der Waals surface area contributed by atoms with E-state index < -0.39 is 11.7 Å². The number of rotatable bonds is 3. The van der Waals surface area contributed by atoms with Crippen molar-refractivity contribution in [1.82, 2.24) is 20.0 Å². The van der Waals surface area contributed by atoms with E-state index in [9.17, 15) is 13.2 Å². The van der Waals surface area contributed by atoms with Crippen LogP contribution in [0, 0.1) is 0 Å². The van der Waals surface area contributed by atoms with Gasteiger partial charge < -0.3 is 0 Å². The average Bonchev–Trinajstić information content (AvgIpc) is 3.20. The minimum atomic E-state index is -4.39. The molecule has 0 unspecified atom stereocenters. The Bertz CT molecular complexity index is 1460. The van der Waals surface area contributed by atoms with Crippen LogP contribution in [-0.2, 0) is 12.6 Å². The summed E-state index contributed by atoms with van der Waals surface area (Å²) < 4.78 is 40.2. The van der Waals surface area contributed by atoms with Gasteiger partial charge in [0.05, 0.1) is 27.3 Å². The Balaban J connectivity index is 1.57. The van der Waals surface area contributed by atoms with Crippen LogP contribution in [0.4, 0.5) is 13.2 Å². The first-order chi connectivity index (χ1) is 15.3. The SMILES string of the molecule is FC(F)(F)c1ccc(Cc2c(Cl)nc3ccc(-n4nnc5ccccc54)cc3c2Cl)cc1. The Morgan fingerprint density at radius 1 is 0.875 bits per heavy atom. The number of nitrogens with zero attached hydrogens (tertiary/aromatic N) is 4. The molecule has 0 aliphatic carbocycles. The second kappa shape index (κ2) is 7.76. The average molecular weight is 473 g/mol. The van der Waals surface area contributed by atoms with E-state index in [-0.39, 0.29) is 11.6 Å². The predicted octanol–water partition coefficient (Wildman–Crippen LogP) is 6.89. The maximum Gasteiger partial charge on any atom is 0.416 e. The number of alkyl halides is 3. The molecule has 0 N–H and O–H groups in total. The largest absolute Gasteiger partial charge is 0.416 e. The highest BCUT2D eigenvalue weighted by molar-refractivity contribution is 6.39. The van der Waals surface area contributed by atoms with Crippen LogP contribution in [0.2, 0.25) is 10.2 Å². The van der Waals surface area contributed by atoms with Crippen molar-refractivity contribution in [3.63, 3.8) is 0 Å². The molecule has 5 aromatic rings. The quantitative estimate of drug-likeness (QED) is 0.268. The third kappa shape index (κ3) is 3.67. The molecule has 0 amide bonds. The predicted molar refractivity (Wildman–Crippen MR) is 118 cm³/mol. The Morgan fingerprint density at radius 2 is 1.62 bits per heavy atom. The minimum absolute atomic E-state index is 0.210. The van der Waals surface area contributed by atoms with Crippen LogP contribution < -0.4 is 0 Å². The maximum atomic E-state index is 12.8. The van der Waals surface area contributed by atoms with Gasteiger partial charge in [0.1, 0.15) is 10.7 Å². The number of aromatic nitrogens is 4. The van der Waals surface area contributed by atoms with Gasteiger partial charge in [0.2, 0.25) is 0 Å². The molecule has 5 rings (SSSR count). The van der Waals surface area contributed by atoms with Crippen LogP contribution in [0.15, 0.2) is 66.7 Å². The summed E-state index contributed by atoms with van der Waals surface area (Å²) in [7, 11) is 0. The van der Waals surface area contributed by atoms with E-state index in [0.29, 0.717) is 27.1 Å². The van der Waals surface area contributed by atoms with E-state index in [1.807, 2.05) is 36.4 Å². The molecule has 3 aromatic carbocycles. The van der Waals surface area contributed by atoms with Gasteiger partial charge in [0.15, 0.2) is 0 Å². The number of benzene rings is 3. The molecule has 0 fully saturated rings. The van der Waals surface area contributed by atoms with Gasteiger partial charge in [0.25, 0.3) is 0 Å². The molecule has 0 radical (unpaired) electrons. The van der Waals surface area contributed by atoms with Crippen molar-refractivity contribution >= 4 is 45.1 Å². The van der Waals surface area contributed by atoms with Crippen LogP contribution in [0.5, 0.6) is 0 Å². The number of halogens is 5. The molecule has 0 bridgehead atoms. The lowest BCUT2D eigenvalue weighted by molar-refractivity contribution is -0.137. The number of para-hydroxylation sites is 1. The summed E-state index contributed by atoms with van der Waals surface area (Å²) in [5, 5.41) is 9.66. The molecule has 0 spiro atoms. The molecule has 160 valence electrons. The van der Waals surface area contributed by atoms with Gasteiger partial charge in [-0.15, -0.1) is 5.10 Å².